The summed E-state index contributed by atoms with van der Waals surface area (Å²) in [5.74, 6) is 0.598. The van der Waals surface area contributed by atoms with Crippen LogP contribution in [0.25, 0.3) is 0 Å². The Morgan fingerprint density at radius 3 is 2.67 bits per heavy atom. The molecule has 154 valence electrons. The molecule has 2 heterocycles. The number of hydrogen-bond donors (Lipinski definition) is 2. The first-order chi connectivity index (χ1) is 12.2. The summed E-state index contributed by atoms with van der Waals surface area (Å²) in [5, 5.41) is 6.11. The molecule has 0 bridgehead atoms. The Kier molecular flexibility index (Phi) is 9.05. The molecule has 1 aromatic rings. The van der Waals surface area contributed by atoms with Gasteiger partial charge in [-0.2, -0.15) is 13.2 Å². The SMILES string of the molecule is CCNC(=NCc1ccc(OCC(F)(F)F)nc1)NC1CCS(=O)(=O)C1.I. The van der Waals surface area contributed by atoms with E-state index >= 15 is 0 Å². The maximum atomic E-state index is 12.1. The van der Waals surface area contributed by atoms with Gasteiger partial charge in [-0.25, -0.2) is 18.4 Å². The van der Waals surface area contributed by atoms with Crippen molar-refractivity contribution in [2.75, 3.05) is 24.7 Å². The minimum atomic E-state index is -4.41. The van der Waals surface area contributed by atoms with Crippen molar-refractivity contribution in [3.63, 3.8) is 0 Å². The van der Waals surface area contributed by atoms with E-state index in [-0.39, 0.29) is 53.9 Å². The van der Waals surface area contributed by atoms with Gasteiger partial charge in [0.2, 0.25) is 5.88 Å². The second kappa shape index (κ2) is 10.3. The van der Waals surface area contributed by atoms with Crippen molar-refractivity contribution in [3.05, 3.63) is 23.9 Å². The van der Waals surface area contributed by atoms with E-state index in [1.807, 2.05) is 6.92 Å². The van der Waals surface area contributed by atoms with Gasteiger partial charge in [0, 0.05) is 24.8 Å². The third-order valence-electron chi connectivity index (χ3n) is 3.52. The third kappa shape index (κ3) is 8.95. The van der Waals surface area contributed by atoms with Crippen molar-refractivity contribution < 1.29 is 26.3 Å². The van der Waals surface area contributed by atoms with Gasteiger partial charge in [0.1, 0.15) is 0 Å². The molecule has 0 radical (unpaired) electrons. The fourth-order valence-electron chi connectivity index (χ4n) is 2.34. The summed E-state index contributed by atoms with van der Waals surface area (Å²) in [4.78, 5) is 8.17. The number of ether oxygens (including phenoxy) is 1. The molecule has 1 aromatic heterocycles. The maximum Gasteiger partial charge on any atom is 0.422 e. The standard InChI is InChI=1S/C15H21F3N4O3S.HI/c1-2-19-14(22-12-5-6-26(23,24)9-12)21-8-11-3-4-13(20-7-11)25-10-15(16,17)18;/h3-4,7,12H,2,5-6,8-10H2,1H3,(H2,19,21,22);1H. The Bertz CT molecular complexity index is 727. The van der Waals surface area contributed by atoms with E-state index in [0.717, 1.165) is 0 Å². The molecule has 0 saturated carbocycles. The average Bonchev–Trinajstić information content (AvgIpc) is 2.90. The molecule has 1 aliphatic heterocycles. The second-order valence-corrected chi connectivity index (χ2v) is 8.08. The van der Waals surface area contributed by atoms with Crippen molar-refractivity contribution in [3.8, 4) is 5.88 Å². The number of sulfone groups is 1. The molecule has 7 nitrogen and oxygen atoms in total. The van der Waals surface area contributed by atoms with Crippen LogP contribution in [0.5, 0.6) is 5.88 Å². The van der Waals surface area contributed by atoms with Gasteiger partial charge in [-0.15, -0.1) is 24.0 Å². The zero-order valence-electron chi connectivity index (χ0n) is 14.6. The zero-order valence-corrected chi connectivity index (χ0v) is 17.8. The first kappa shape index (κ1) is 23.7. The van der Waals surface area contributed by atoms with Crippen LogP contribution in [0.1, 0.15) is 18.9 Å². The molecule has 12 heteroatoms. The van der Waals surface area contributed by atoms with Gasteiger partial charge in [-0.05, 0) is 18.9 Å². The molecule has 0 aliphatic carbocycles. The molecular formula is C15H22F3IN4O3S. The number of alkyl halides is 3. The molecule has 1 atom stereocenters. The van der Waals surface area contributed by atoms with Crippen molar-refractivity contribution in [2.24, 2.45) is 4.99 Å². The molecule has 1 unspecified atom stereocenters. The first-order valence-electron chi connectivity index (χ1n) is 8.06. The van der Waals surface area contributed by atoms with Crippen LogP contribution in [-0.2, 0) is 16.4 Å². The number of hydrogen-bond acceptors (Lipinski definition) is 5. The second-order valence-electron chi connectivity index (χ2n) is 5.85. The normalized spacial score (nSPS) is 19.3. The number of halogens is 4. The van der Waals surface area contributed by atoms with Crippen LogP contribution >= 0.6 is 24.0 Å². The molecule has 1 aliphatic rings. The molecule has 27 heavy (non-hydrogen) atoms. The van der Waals surface area contributed by atoms with Gasteiger partial charge < -0.3 is 15.4 Å². The molecule has 0 amide bonds. The lowest BCUT2D eigenvalue weighted by molar-refractivity contribution is -0.154. The molecule has 2 rings (SSSR count). The summed E-state index contributed by atoms with van der Waals surface area (Å²) >= 11 is 0. The lowest BCUT2D eigenvalue weighted by Gasteiger charge is -2.15. The molecular weight excluding hydrogens is 500 g/mol. The summed E-state index contributed by atoms with van der Waals surface area (Å²) in [7, 11) is -2.99. The van der Waals surface area contributed by atoms with E-state index in [2.05, 4.69) is 25.3 Å². The van der Waals surface area contributed by atoms with Crippen LogP contribution < -0.4 is 15.4 Å². The Morgan fingerprint density at radius 2 is 2.15 bits per heavy atom. The Balaban J connectivity index is 0.00000364. The van der Waals surface area contributed by atoms with Crippen molar-refractivity contribution >= 4 is 39.8 Å². The largest absolute Gasteiger partial charge is 0.468 e. The quantitative estimate of drug-likeness (QED) is 0.337. The minimum Gasteiger partial charge on any atom is -0.468 e. The predicted octanol–water partition coefficient (Wildman–Crippen LogP) is 1.88. The molecule has 1 saturated heterocycles. The molecule has 0 aromatic carbocycles. The Hall–Kier alpha value is -1.31. The zero-order chi connectivity index (χ0) is 19.2. The van der Waals surface area contributed by atoms with Gasteiger partial charge in [-0.3, -0.25) is 0 Å². The van der Waals surface area contributed by atoms with Gasteiger partial charge >= 0.3 is 6.18 Å². The molecule has 1 fully saturated rings. The number of pyridine rings is 1. The van der Waals surface area contributed by atoms with E-state index in [0.29, 0.717) is 24.5 Å². The van der Waals surface area contributed by atoms with Crippen molar-refractivity contribution in [2.45, 2.75) is 32.1 Å². The van der Waals surface area contributed by atoms with Gasteiger partial charge in [0.15, 0.2) is 22.4 Å². The maximum absolute atomic E-state index is 12.1. The van der Waals surface area contributed by atoms with E-state index in [1.165, 1.54) is 12.3 Å². The summed E-state index contributed by atoms with van der Waals surface area (Å²) in [6.07, 6.45) is -2.50. The summed E-state index contributed by atoms with van der Waals surface area (Å²) in [6.45, 7) is 1.34. The fraction of sp³-hybridized carbons (Fsp3) is 0.600. The van der Waals surface area contributed by atoms with Gasteiger partial charge in [0.05, 0.1) is 18.1 Å². The van der Waals surface area contributed by atoms with Crippen molar-refractivity contribution in [1.82, 2.24) is 15.6 Å². The predicted molar refractivity (Wildman–Crippen MR) is 106 cm³/mol. The summed E-state index contributed by atoms with van der Waals surface area (Å²) in [6, 6.07) is 2.74. The highest BCUT2D eigenvalue weighted by molar-refractivity contribution is 14.0. The lowest BCUT2D eigenvalue weighted by Crippen LogP contribution is -2.44. The number of aliphatic imine (C=N–C) groups is 1. The highest BCUT2D eigenvalue weighted by Crippen LogP contribution is 2.17. The van der Waals surface area contributed by atoms with E-state index in [1.54, 1.807) is 6.07 Å². The van der Waals surface area contributed by atoms with Crippen LogP contribution in [0, 0.1) is 0 Å². The summed E-state index contributed by atoms with van der Waals surface area (Å²) < 4.78 is 63.9. The van der Waals surface area contributed by atoms with Crippen LogP contribution in [0.2, 0.25) is 0 Å². The molecule has 0 spiro atoms. The number of aromatic nitrogens is 1. The van der Waals surface area contributed by atoms with Gasteiger partial charge in [0.25, 0.3) is 0 Å². The lowest BCUT2D eigenvalue weighted by atomic mass is 10.3. The smallest absolute Gasteiger partial charge is 0.422 e. The highest BCUT2D eigenvalue weighted by Gasteiger charge is 2.29. The Morgan fingerprint density at radius 1 is 1.41 bits per heavy atom. The minimum absolute atomic E-state index is 0. The number of rotatable bonds is 6. The number of nitrogens with one attached hydrogen (secondary N) is 2. The van der Waals surface area contributed by atoms with Gasteiger partial charge in [-0.1, -0.05) is 6.07 Å². The Labute approximate surface area is 173 Å². The van der Waals surface area contributed by atoms with Crippen molar-refractivity contribution in [1.29, 1.82) is 0 Å². The van der Waals surface area contributed by atoms with E-state index in [4.69, 9.17) is 0 Å². The van der Waals surface area contributed by atoms with Crippen LogP contribution in [0.3, 0.4) is 0 Å². The van der Waals surface area contributed by atoms with Crippen LogP contribution in [0.15, 0.2) is 23.3 Å². The van der Waals surface area contributed by atoms with Crippen LogP contribution in [-0.4, -0.2) is 56.2 Å². The average molecular weight is 522 g/mol. The van der Waals surface area contributed by atoms with Crippen LogP contribution in [0.4, 0.5) is 13.2 Å². The van der Waals surface area contributed by atoms with E-state index < -0.39 is 22.6 Å². The molecule has 2 N–H and O–H groups in total. The number of guanidine groups is 1. The first-order valence-corrected chi connectivity index (χ1v) is 9.89. The highest BCUT2D eigenvalue weighted by atomic mass is 127. The third-order valence-corrected chi connectivity index (χ3v) is 5.29. The number of nitrogens with zero attached hydrogens (tertiary/aromatic N) is 2. The monoisotopic (exact) mass is 522 g/mol. The van der Waals surface area contributed by atoms with E-state index in [9.17, 15) is 21.6 Å². The summed E-state index contributed by atoms with van der Waals surface area (Å²) in [5.41, 5.74) is 0.681. The topological polar surface area (TPSA) is 92.7 Å². The fourth-order valence-corrected chi connectivity index (χ4v) is 4.01.